The predicted molar refractivity (Wildman–Crippen MR) is 74.0 cm³/mol. The van der Waals surface area contributed by atoms with E-state index in [4.69, 9.17) is 0 Å². The molecule has 1 aliphatic carbocycles. The van der Waals surface area contributed by atoms with Gasteiger partial charge in [-0.2, -0.15) is 0 Å². The lowest BCUT2D eigenvalue weighted by Crippen LogP contribution is -2.37. The summed E-state index contributed by atoms with van der Waals surface area (Å²) in [6.07, 6.45) is 2.33. The average Bonchev–Trinajstić information content (AvgIpc) is 2.82. The van der Waals surface area contributed by atoms with Crippen molar-refractivity contribution in [3.8, 4) is 0 Å². The zero-order chi connectivity index (χ0) is 15.3. The number of carboxylic acid groups (broad SMARTS) is 1. The third-order valence-corrected chi connectivity index (χ3v) is 4.03. The Kier molecular flexibility index (Phi) is 5.98. The van der Waals surface area contributed by atoms with Gasteiger partial charge < -0.3 is 15.3 Å². The summed E-state index contributed by atoms with van der Waals surface area (Å²) in [4.78, 5) is 36.1. The van der Waals surface area contributed by atoms with E-state index >= 15 is 0 Å². The molecule has 6 heteroatoms. The zero-order valence-electron chi connectivity index (χ0n) is 12.4. The first kappa shape index (κ1) is 16.5. The van der Waals surface area contributed by atoms with E-state index in [2.05, 4.69) is 5.32 Å². The Labute approximate surface area is 119 Å². The highest BCUT2D eigenvalue weighted by atomic mass is 16.4. The third-order valence-electron chi connectivity index (χ3n) is 4.03. The number of rotatable bonds is 6. The largest absolute Gasteiger partial charge is 0.481 e. The van der Waals surface area contributed by atoms with Crippen molar-refractivity contribution in [1.82, 2.24) is 10.2 Å². The molecule has 0 saturated heterocycles. The highest BCUT2D eigenvalue weighted by Crippen LogP contribution is 2.38. The van der Waals surface area contributed by atoms with Gasteiger partial charge in [0.25, 0.3) is 0 Å². The molecule has 2 N–H and O–H groups in total. The minimum Gasteiger partial charge on any atom is -0.481 e. The van der Waals surface area contributed by atoms with Crippen molar-refractivity contribution in [2.45, 2.75) is 32.6 Å². The van der Waals surface area contributed by atoms with Crippen LogP contribution in [0.4, 0.5) is 0 Å². The number of carboxylic acids is 1. The van der Waals surface area contributed by atoms with Crippen LogP contribution in [0.2, 0.25) is 0 Å². The summed E-state index contributed by atoms with van der Waals surface area (Å²) in [5, 5.41) is 11.9. The molecule has 0 aliphatic heterocycles. The minimum atomic E-state index is -0.898. The number of hydrogen-bond acceptors (Lipinski definition) is 3. The molecule has 114 valence electrons. The molecule has 0 heterocycles. The van der Waals surface area contributed by atoms with Crippen molar-refractivity contribution in [3.05, 3.63) is 0 Å². The Morgan fingerprint density at radius 3 is 2.30 bits per heavy atom. The van der Waals surface area contributed by atoms with E-state index in [1.807, 2.05) is 6.92 Å². The highest BCUT2D eigenvalue weighted by Gasteiger charge is 2.41. The van der Waals surface area contributed by atoms with Crippen LogP contribution in [0.1, 0.15) is 32.6 Å². The van der Waals surface area contributed by atoms with Gasteiger partial charge in [0.2, 0.25) is 11.8 Å². The van der Waals surface area contributed by atoms with Gasteiger partial charge in [-0.1, -0.05) is 13.3 Å². The van der Waals surface area contributed by atoms with E-state index in [1.54, 1.807) is 14.1 Å². The molecule has 0 bridgehead atoms. The maximum absolute atomic E-state index is 12.1. The van der Waals surface area contributed by atoms with Crippen molar-refractivity contribution in [1.29, 1.82) is 0 Å². The second-order valence-corrected chi connectivity index (χ2v) is 5.63. The van der Waals surface area contributed by atoms with Gasteiger partial charge in [-0.25, -0.2) is 0 Å². The van der Waals surface area contributed by atoms with Crippen LogP contribution in [0.3, 0.4) is 0 Å². The summed E-state index contributed by atoms with van der Waals surface area (Å²) >= 11 is 0. The first-order valence-corrected chi connectivity index (χ1v) is 7.07. The smallest absolute Gasteiger partial charge is 0.307 e. The molecule has 2 amide bonds. The summed E-state index contributed by atoms with van der Waals surface area (Å²) in [5.41, 5.74) is 0. The Morgan fingerprint density at radius 2 is 1.80 bits per heavy atom. The SMILES string of the molecule is CCC1C[C@H](C(=O)NCCC(=O)N(C)C)[C@H](C(=O)O)C1. The molecule has 0 aromatic carbocycles. The van der Waals surface area contributed by atoms with Gasteiger partial charge in [0.15, 0.2) is 0 Å². The van der Waals surface area contributed by atoms with Crippen LogP contribution in [0.15, 0.2) is 0 Å². The van der Waals surface area contributed by atoms with E-state index < -0.39 is 17.8 Å². The van der Waals surface area contributed by atoms with Crippen LogP contribution in [-0.2, 0) is 14.4 Å². The second kappa shape index (κ2) is 7.26. The maximum atomic E-state index is 12.1. The van der Waals surface area contributed by atoms with Crippen LogP contribution in [0.5, 0.6) is 0 Å². The molecule has 0 aromatic rings. The Bertz CT molecular complexity index is 381. The van der Waals surface area contributed by atoms with Crippen LogP contribution < -0.4 is 5.32 Å². The fourth-order valence-corrected chi connectivity index (χ4v) is 2.69. The molecule has 1 aliphatic rings. The van der Waals surface area contributed by atoms with Crippen molar-refractivity contribution in [3.63, 3.8) is 0 Å². The number of aliphatic carboxylic acids is 1. The van der Waals surface area contributed by atoms with Crippen molar-refractivity contribution in [2.24, 2.45) is 17.8 Å². The fraction of sp³-hybridized carbons (Fsp3) is 0.786. The fourth-order valence-electron chi connectivity index (χ4n) is 2.69. The standard InChI is InChI=1S/C14H24N2O4/c1-4-9-7-10(11(8-9)14(19)20)13(18)15-6-5-12(17)16(2)3/h9-11H,4-8H2,1-3H3,(H,15,18)(H,19,20)/t9?,10-,11+/m0/s1. The van der Waals surface area contributed by atoms with Gasteiger partial charge in [0.05, 0.1) is 11.8 Å². The molecule has 3 atom stereocenters. The monoisotopic (exact) mass is 284 g/mol. The molecular formula is C14H24N2O4. The number of hydrogen-bond donors (Lipinski definition) is 2. The highest BCUT2D eigenvalue weighted by molar-refractivity contribution is 5.85. The topological polar surface area (TPSA) is 86.7 Å². The first-order chi connectivity index (χ1) is 9.36. The molecular weight excluding hydrogens is 260 g/mol. The molecule has 1 fully saturated rings. The van der Waals surface area contributed by atoms with E-state index in [1.165, 1.54) is 4.90 Å². The quantitative estimate of drug-likeness (QED) is 0.752. The number of nitrogens with zero attached hydrogens (tertiary/aromatic N) is 1. The summed E-state index contributed by atoms with van der Waals surface area (Å²) in [5.74, 6) is -1.95. The van der Waals surface area contributed by atoms with Crippen LogP contribution in [-0.4, -0.2) is 48.4 Å². The molecule has 0 radical (unpaired) electrons. The second-order valence-electron chi connectivity index (χ2n) is 5.63. The van der Waals surface area contributed by atoms with Crippen LogP contribution in [0.25, 0.3) is 0 Å². The van der Waals surface area contributed by atoms with Crippen molar-refractivity contribution >= 4 is 17.8 Å². The Balaban J connectivity index is 2.49. The van der Waals surface area contributed by atoms with Gasteiger partial charge in [-0.3, -0.25) is 14.4 Å². The van der Waals surface area contributed by atoms with Gasteiger partial charge in [0.1, 0.15) is 0 Å². The maximum Gasteiger partial charge on any atom is 0.307 e. The van der Waals surface area contributed by atoms with Crippen LogP contribution >= 0.6 is 0 Å². The molecule has 6 nitrogen and oxygen atoms in total. The molecule has 1 unspecified atom stereocenters. The molecule has 20 heavy (non-hydrogen) atoms. The Morgan fingerprint density at radius 1 is 1.20 bits per heavy atom. The third kappa shape index (κ3) is 4.21. The number of carbonyl (C=O) groups excluding carboxylic acids is 2. The van der Waals surface area contributed by atoms with Gasteiger partial charge in [-0.15, -0.1) is 0 Å². The lowest BCUT2D eigenvalue weighted by Gasteiger charge is -2.16. The molecule has 1 rings (SSSR count). The van der Waals surface area contributed by atoms with E-state index in [9.17, 15) is 19.5 Å². The Hall–Kier alpha value is -1.59. The van der Waals surface area contributed by atoms with Gasteiger partial charge in [-0.05, 0) is 18.8 Å². The van der Waals surface area contributed by atoms with E-state index in [-0.39, 0.29) is 24.8 Å². The van der Waals surface area contributed by atoms with E-state index in [0.717, 1.165) is 6.42 Å². The summed E-state index contributed by atoms with van der Waals surface area (Å²) in [6.45, 7) is 2.27. The predicted octanol–water partition coefficient (Wildman–Crippen LogP) is 0.718. The number of nitrogens with one attached hydrogen (secondary N) is 1. The average molecular weight is 284 g/mol. The number of amides is 2. The lowest BCUT2D eigenvalue weighted by molar-refractivity contribution is -0.146. The van der Waals surface area contributed by atoms with Crippen LogP contribution in [0, 0.1) is 17.8 Å². The zero-order valence-corrected chi connectivity index (χ0v) is 12.4. The minimum absolute atomic E-state index is 0.0575. The summed E-state index contributed by atoms with van der Waals surface area (Å²) < 4.78 is 0. The number of carbonyl (C=O) groups is 3. The van der Waals surface area contributed by atoms with Crippen molar-refractivity contribution < 1.29 is 19.5 Å². The molecule has 0 spiro atoms. The van der Waals surface area contributed by atoms with Gasteiger partial charge in [0, 0.05) is 27.1 Å². The summed E-state index contributed by atoms with van der Waals surface area (Å²) in [7, 11) is 3.32. The first-order valence-electron chi connectivity index (χ1n) is 7.07. The lowest BCUT2D eigenvalue weighted by atomic mass is 9.95. The van der Waals surface area contributed by atoms with Gasteiger partial charge >= 0.3 is 5.97 Å². The van der Waals surface area contributed by atoms with E-state index in [0.29, 0.717) is 18.8 Å². The molecule has 1 saturated carbocycles. The summed E-state index contributed by atoms with van der Waals surface area (Å²) in [6, 6.07) is 0. The normalized spacial score (nSPS) is 25.2. The van der Waals surface area contributed by atoms with Crippen molar-refractivity contribution in [2.75, 3.05) is 20.6 Å². The molecule has 0 aromatic heterocycles.